The Hall–Kier alpha value is -0.800. The minimum absolute atomic E-state index is 0.258. The van der Waals surface area contributed by atoms with Gasteiger partial charge >= 0.3 is 0 Å². The Morgan fingerprint density at radius 3 is 2.58 bits per heavy atom. The van der Waals surface area contributed by atoms with Crippen molar-refractivity contribution < 1.29 is 4.74 Å². The van der Waals surface area contributed by atoms with Crippen LogP contribution in [0.25, 0.3) is 0 Å². The van der Waals surface area contributed by atoms with E-state index in [1.807, 2.05) is 12.3 Å². The topological polar surface area (TPSA) is 34.2 Å². The van der Waals surface area contributed by atoms with Gasteiger partial charge in [-0.3, -0.25) is 0 Å². The molecule has 0 saturated carbocycles. The normalized spacial score (nSPS) is 11.9. The maximum atomic E-state index is 6.18. The van der Waals surface area contributed by atoms with Gasteiger partial charge in [0.05, 0.1) is 6.61 Å². The van der Waals surface area contributed by atoms with E-state index in [0.717, 1.165) is 18.5 Å². The van der Waals surface area contributed by atoms with E-state index in [4.69, 9.17) is 16.3 Å². The predicted octanol–water partition coefficient (Wildman–Crippen LogP) is 4.05. The Labute approximate surface area is 121 Å². The van der Waals surface area contributed by atoms with Crippen LogP contribution in [-0.4, -0.2) is 17.6 Å². The lowest BCUT2D eigenvalue weighted by Crippen LogP contribution is -2.21. The molecule has 1 N–H and O–H groups in total. The quantitative estimate of drug-likeness (QED) is 0.856. The summed E-state index contributed by atoms with van der Waals surface area (Å²) in [6.45, 7) is 12.2. The molecular weight excluding hydrogens is 260 g/mol. The highest BCUT2D eigenvalue weighted by atomic mass is 35.5. The number of ether oxygens (including phenoxy) is 1. The molecule has 0 aliphatic carbocycles. The Morgan fingerprint density at radius 2 is 2.05 bits per heavy atom. The minimum Gasteiger partial charge on any atom is -0.477 e. The van der Waals surface area contributed by atoms with Crippen molar-refractivity contribution in [2.75, 3.05) is 6.61 Å². The van der Waals surface area contributed by atoms with Gasteiger partial charge in [-0.2, -0.15) is 0 Å². The molecule has 0 radical (unpaired) electrons. The zero-order chi connectivity index (χ0) is 14.5. The molecule has 0 fully saturated rings. The summed E-state index contributed by atoms with van der Waals surface area (Å²) in [5.41, 5.74) is 1.33. The number of halogens is 1. The van der Waals surface area contributed by atoms with Crippen LogP contribution in [0.2, 0.25) is 5.02 Å². The summed E-state index contributed by atoms with van der Waals surface area (Å²) in [7, 11) is 0. The molecule has 1 aromatic heterocycles. The SMILES string of the molecule is CC(C)NCc1cnc(OCCC(C)(C)C)c(Cl)c1. The van der Waals surface area contributed by atoms with Crippen molar-refractivity contribution >= 4 is 11.6 Å². The van der Waals surface area contributed by atoms with Crippen LogP contribution < -0.4 is 10.1 Å². The number of hydrogen-bond donors (Lipinski definition) is 1. The Kier molecular flexibility index (Phi) is 6.08. The van der Waals surface area contributed by atoms with Crippen LogP contribution in [0, 0.1) is 5.41 Å². The third-order valence-corrected chi connectivity index (χ3v) is 2.94. The summed E-state index contributed by atoms with van der Waals surface area (Å²) >= 11 is 6.18. The van der Waals surface area contributed by atoms with Gasteiger partial charge in [0.15, 0.2) is 0 Å². The van der Waals surface area contributed by atoms with E-state index < -0.39 is 0 Å². The standard InChI is InChI=1S/C15H25ClN2O/c1-11(2)17-9-12-8-13(16)14(18-10-12)19-7-6-15(3,4)5/h8,10-11,17H,6-7,9H2,1-5H3. The second-order valence-corrected chi connectivity index (χ2v) is 6.73. The number of nitrogens with zero attached hydrogens (tertiary/aromatic N) is 1. The molecule has 0 saturated heterocycles. The lowest BCUT2D eigenvalue weighted by Gasteiger charge is -2.18. The lowest BCUT2D eigenvalue weighted by molar-refractivity contribution is 0.236. The minimum atomic E-state index is 0.258. The van der Waals surface area contributed by atoms with Crippen molar-refractivity contribution in [3.63, 3.8) is 0 Å². The molecule has 0 spiro atoms. The smallest absolute Gasteiger partial charge is 0.232 e. The molecular formula is C15H25ClN2O. The number of pyridine rings is 1. The van der Waals surface area contributed by atoms with Crippen molar-refractivity contribution in [1.82, 2.24) is 10.3 Å². The first-order valence-electron chi connectivity index (χ1n) is 6.78. The molecule has 3 nitrogen and oxygen atoms in total. The van der Waals surface area contributed by atoms with E-state index in [1.165, 1.54) is 0 Å². The van der Waals surface area contributed by atoms with Crippen LogP contribution in [0.1, 0.15) is 46.6 Å². The van der Waals surface area contributed by atoms with Crippen LogP contribution in [0.3, 0.4) is 0 Å². The average Bonchev–Trinajstić information content (AvgIpc) is 2.27. The molecule has 1 rings (SSSR count). The number of hydrogen-bond acceptors (Lipinski definition) is 3. The summed E-state index contributed by atoms with van der Waals surface area (Å²) in [6.07, 6.45) is 2.79. The number of rotatable bonds is 6. The van der Waals surface area contributed by atoms with E-state index in [0.29, 0.717) is 23.6 Å². The van der Waals surface area contributed by atoms with Crippen LogP contribution >= 0.6 is 11.6 Å². The van der Waals surface area contributed by atoms with Gasteiger partial charge in [-0.15, -0.1) is 0 Å². The molecule has 0 atom stereocenters. The van der Waals surface area contributed by atoms with E-state index in [2.05, 4.69) is 44.9 Å². The summed E-state index contributed by atoms with van der Waals surface area (Å²) in [6, 6.07) is 2.36. The van der Waals surface area contributed by atoms with Gasteiger partial charge in [0.2, 0.25) is 5.88 Å². The van der Waals surface area contributed by atoms with Crippen molar-refractivity contribution in [3.8, 4) is 5.88 Å². The third kappa shape index (κ3) is 6.79. The second-order valence-electron chi connectivity index (χ2n) is 6.33. The summed E-state index contributed by atoms with van der Waals surface area (Å²) in [5.74, 6) is 0.527. The fourth-order valence-corrected chi connectivity index (χ4v) is 1.69. The van der Waals surface area contributed by atoms with Crippen molar-refractivity contribution in [2.45, 2.75) is 53.6 Å². The largest absolute Gasteiger partial charge is 0.477 e. The molecule has 4 heteroatoms. The first-order chi connectivity index (χ1) is 8.78. The highest BCUT2D eigenvalue weighted by Crippen LogP contribution is 2.24. The molecule has 19 heavy (non-hydrogen) atoms. The maximum absolute atomic E-state index is 6.18. The zero-order valence-electron chi connectivity index (χ0n) is 12.6. The van der Waals surface area contributed by atoms with Gasteiger partial charge in [-0.1, -0.05) is 46.2 Å². The third-order valence-electron chi connectivity index (χ3n) is 2.67. The van der Waals surface area contributed by atoms with Gasteiger partial charge in [-0.25, -0.2) is 4.98 Å². The van der Waals surface area contributed by atoms with Crippen molar-refractivity contribution in [3.05, 3.63) is 22.8 Å². The molecule has 0 unspecified atom stereocenters. The van der Waals surface area contributed by atoms with Crippen LogP contribution in [0.15, 0.2) is 12.3 Å². The molecule has 108 valence electrons. The monoisotopic (exact) mass is 284 g/mol. The Morgan fingerprint density at radius 1 is 1.37 bits per heavy atom. The highest BCUT2D eigenvalue weighted by Gasteiger charge is 2.11. The molecule has 1 heterocycles. The van der Waals surface area contributed by atoms with Crippen LogP contribution in [-0.2, 0) is 6.54 Å². The lowest BCUT2D eigenvalue weighted by atomic mass is 9.93. The number of aromatic nitrogens is 1. The molecule has 0 aliphatic heterocycles. The van der Waals surface area contributed by atoms with Gasteiger partial charge in [0.25, 0.3) is 0 Å². The summed E-state index contributed by atoms with van der Waals surface area (Å²) < 4.78 is 5.63. The van der Waals surface area contributed by atoms with E-state index >= 15 is 0 Å². The maximum Gasteiger partial charge on any atom is 0.232 e. The average molecular weight is 285 g/mol. The first-order valence-corrected chi connectivity index (χ1v) is 7.16. The first kappa shape index (κ1) is 16.3. The van der Waals surface area contributed by atoms with Gasteiger partial charge in [-0.05, 0) is 23.5 Å². The summed E-state index contributed by atoms with van der Waals surface area (Å²) in [4.78, 5) is 4.28. The molecule has 0 bridgehead atoms. The molecule has 0 amide bonds. The fourth-order valence-electron chi connectivity index (χ4n) is 1.44. The van der Waals surface area contributed by atoms with Crippen LogP contribution in [0.4, 0.5) is 0 Å². The highest BCUT2D eigenvalue weighted by molar-refractivity contribution is 6.31. The van der Waals surface area contributed by atoms with E-state index in [-0.39, 0.29) is 5.41 Å². The predicted molar refractivity (Wildman–Crippen MR) is 80.8 cm³/mol. The molecule has 1 aromatic rings. The van der Waals surface area contributed by atoms with Crippen LogP contribution in [0.5, 0.6) is 5.88 Å². The van der Waals surface area contributed by atoms with Gasteiger partial charge in [0.1, 0.15) is 5.02 Å². The molecule has 0 aromatic carbocycles. The number of nitrogens with one attached hydrogen (secondary N) is 1. The van der Waals surface area contributed by atoms with Crippen molar-refractivity contribution in [1.29, 1.82) is 0 Å². The Bertz CT molecular complexity index is 400. The summed E-state index contributed by atoms with van der Waals surface area (Å²) in [5, 5.41) is 3.91. The second kappa shape index (κ2) is 7.11. The fraction of sp³-hybridized carbons (Fsp3) is 0.667. The molecule has 0 aliphatic rings. The van der Waals surface area contributed by atoms with Gasteiger partial charge < -0.3 is 10.1 Å². The zero-order valence-corrected chi connectivity index (χ0v) is 13.3. The Balaban J connectivity index is 2.52. The van der Waals surface area contributed by atoms with E-state index in [1.54, 1.807) is 0 Å². The van der Waals surface area contributed by atoms with Gasteiger partial charge in [0, 0.05) is 18.8 Å². The van der Waals surface area contributed by atoms with Crippen molar-refractivity contribution in [2.24, 2.45) is 5.41 Å². The van der Waals surface area contributed by atoms with E-state index in [9.17, 15) is 0 Å².